The summed E-state index contributed by atoms with van der Waals surface area (Å²) >= 11 is 0. The predicted molar refractivity (Wildman–Crippen MR) is 63.2 cm³/mol. The van der Waals surface area contributed by atoms with Crippen LogP contribution in [0.1, 0.15) is 5.56 Å². The number of nitro groups is 1. The lowest BCUT2D eigenvalue weighted by atomic mass is 10.2. The molecule has 0 spiro atoms. The van der Waals surface area contributed by atoms with E-state index in [0.29, 0.717) is 0 Å². The lowest BCUT2D eigenvalue weighted by Gasteiger charge is -2.10. The number of alkyl halides is 3. The second-order valence-electron chi connectivity index (χ2n) is 3.97. The number of hydrogen-bond donors (Lipinski definition) is 1. The summed E-state index contributed by atoms with van der Waals surface area (Å²) in [6.07, 6.45) is -4.42. The largest absolute Gasteiger partial charge is 0.411 e. The zero-order chi connectivity index (χ0) is 15.3. The Morgan fingerprint density at radius 3 is 2.60 bits per heavy atom. The second kappa shape index (κ2) is 6.51. The minimum Gasteiger partial charge on any atom is -0.377 e. The summed E-state index contributed by atoms with van der Waals surface area (Å²) in [6, 6.07) is 1.98. The van der Waals surface area contributed by atoms with Crippen LogP contribution < -0.4 is 5.32 Å². The molecule has 1 rings (SSSR count). The highest BCUT2D eigenvalue weighted by Crippen LogP contribution is 2.27. The molecule has 0 saturated carbocycles. The first-order valence-corrected chi connectivity index (χ1v) is 5.53. The van der Waals surface area contributed by atoms with Gasteiger partial charge in [0.05, 0.1) is 17.6 Å². The quantitative estimate of drug-likeness (QED) is 0.379. The molecule has 112 valence electrons. The molecular formula is C11H12F4N2O3. The van der Waals surface area contributed by atoms with Crippen molar-refractivity contribution >= 4 is 11.4 Å². The minimum atomic E-state index is -4.42. The number of rotatable bonds is 6. The molecule has 0 heterocycles. The fourth-order valence-corrected chi connectivity index (χ4v) is 1.41. The van der Waals surface area contributed by atoms with Crippen molar-refractivity contribution in [1.82, 2.24) is 0 Å². The third-order valence-corrected chi connectivity index (χ3v) is 2.30. The van der Waals surface area contributed by atoms with Crippen LogP contribution in [-0.2, 0) is 4.74 Å². The molecule has 0 fully saturated rings. The van der Waals surface area contributed by atoms with Crippen molar-refractivity contribution in [1.29, 1.82) is 0 Å². The Morgan fingerprint density at radius 2 is 2.05 bits per heavy atom. The van der Waals surface area contributed by atoms with Gasteiger partial charge in [0.1, 0.15) is 18.1 Å². The Balaban J connectivity index is 2.59. The molecule has 0 unspecified atom stereocenters. The Labute approximate surface area is 111 Å². The number of nitro benzene ring substituents is 1. The average Bonchev–Trinajstić information content (AvgIpc) is 2.31. The summed E-state index contributed by atoms with van der Waals surface area (Å²) < 4.78 is 52.9. The van der Waals surface area contributed by atoms with Crippen LogP contribution in [0.2, 0.25) is 0 Å². The van der Waals surface area contributed by atoms with Crippen LogP contribution in [0.25, 0.3) is 0 Å². The number of benzene rings is 1. The van der Waals surface area contributed by atoms with Crippen LogP contribution in [0.5, 0.6) is 0 Å². The molecule has 9 heteroatoms. The van der Waals surface area contributed by atoms with Gasteiger partial charge in [-0.1, -0.05) is 0 Å². The number of ether oxygens (including phenoxy) is 1. The molecule has 20 heavy (non-hydrogen) atoms. The van der Waals surface area contributed by atoms with Crippen LogP contribution in [0, 0.1) is 22.9 Å². The summed E-state index contributed by atoms with van der Waals surface area (Å²) in [5.74, 6) is -0.726. The Kier molecular flexibility index (Phi) is 5.26. The molecule has 0 aliphatic heterocycles. The van der Waals surface area contributed by atoms with E-state index in [-0.39, 0.29) is 24.4 Å². The van der Waals surface area contributed by atoms with Gasteiger partial charge in [-0.2, -0.15) is 13.2 Å². The molecular weight excluding hydrogens is 284 g/mol. The summed E-state index contributed by atoms with van der Waals surface area (Å²) in [5, 5.41) is 13.3. The summed E-state index contributed by atoms with van der Waals surface area (Å²) in [7, 11) is 0. The van der Waals surface area contributed by atoms with E-state index >= 15 is 0 Å². The Bertz CT molecular complexity index is 491. The first kappa shape index (κ1) is 16.2. The van der Waals surface area contributed by atoms with Gasteiger partial charge in [-0.25, -0.2) is 4.39 Å². The molecule has 0 aliphatic rings. The summed E-state index contributed by atoms with van der Waals surface area (Å²) in [4.78, 5) is 9.95. The topological polar surface area (TPSA) is 64.4 Å². The van der Waals surface area contributed by atoms with E-state index in [1.165, 1.54) is 13.0 Å². The zero-order valence-electron chi connectivity index (χ0n) is 10.5. The minimum absolute atomic E-state index is 0.0320. The maximum Gasteiger partial charge on any atom is 0.411 e. The third kappa shape index (κ3) is 5.00. The monoisotopic (exact) mass is 296 g/mol. The van der Waals surface area contributed by atoms with Crippen molar-refractivity contribution in [3.63, 3.8) is 0 Å². The van der Waals surface area contributed by atoms with Crippen molar-refractivity contribution in [2.45, 2.75) is 13.1 Å². The fraction of sp³-hybridized carbons (Fsp3) is 0.455. The zero-order valence-corrected chi connectivity index (χ0v) is 10.5. The smallest absolute Gasteiger partial charge is 0.377 e. The van der Waals surface area contributed by atoms with Crippen molar-refractivity contribution in [3.8, 4) is 0 Å². The van der Waals surface area contributed by atoms with Crippen molar-refractivity contribution in [2.75, 3.05) is 25.1 Å². The molecule has 1 N–H and O–H groups in total. The second-order valence-corrected chi connectivity index (χ2v) is 3.97. The van der Waals surface area contributed by atoms with Gasteiger partial charge in [0.15, 0.2) is 0 Å². The first-order valence-electron chi connectivity index (χ1n) is 5.53. The van der Waals surface area contributed by atoms with Gasteiger partial charge in [0.25, 0.3) is 5.69 Å². The van der Waals surface area contributed by atoms with E-state index in [2.05, 4.69) is 10.1 Å². The van der Waals surface area contributed by atoms with Gasteiger partial charge in [-0.05, 0) is 18.6 Å². The third-order valence-electron chi connectivity index (χ3n) is 2.30. The number of nitrogens with one attached hydrogen (secondary N) is 1. The number of anilines is 1. The SMILES string of the molecule is Cc1cc(NCCOCC(F)(F)F)c([N+](=O)[O-])cc1F. The predicted octanol–water partition coefficient (Wildman–Crippen LogP) is 3.03. The number of aryl methyl sites for hydroxylation is 1. The van der Waals surface area contributed by atoms with Crippen molar-refractivity contribution in [2.24, 2.45) is 0 Å². The van der Waals surface area contributed by atoms with Crippen LogP contribution in [-0.4, -0.2) is 30.9 Å². The van der Waals surface area contributed by atoms with Crippen LogP contribution in [0.3, 0.4) is 0 Å². The van der Waals surface area contributed by atoms with Crippen molar-refractivity contribution < 1.29 is 27.2 Å². The molecule has 1 aromatic carbocycles. The number of halogens is 4. The van der Waals surface area contributed by atoms with Crippen LogP contribution >= 0.6 is 0 Å². The van der Waals surface area contributed by atoms with E-state index in [1.807, 2.05) is 0 Å². The maximum atomic E-state index is 13.2. The standard InChI is InChI=1S/C11H12F4N2O3/c1-7-4-9(10(17(18)19)5-8(7)12)16-2-3-20-6-11(13,14)15/h4-5,16H,2-3,6H2,1H3. The van der Waals surface area contributed by atoms with Gasteiger partial charge >= 0.3 is 6.18 Å². The maximum absolute atomic E-state index is 13.2. The molecule has 0 bridgehead atoms. The van der Waals surface area contributed by atoms with E-state index in [9.17, 15) is 27.7 Å². The number of hydrogen-bond acceptors (Lipinski definition) is 4. The molecule has 0 saturated heterocycles. The lowest BCUT2D eigenvalue weighted by Crippen LogP contribution is -2.20. The highest BCUT2D eigenvalue weighted by molar-refractivity contribution is 5.63. The normalized spacial score (nSPS) is 11.4. The summed E-state index contributed by atoms with van der Waals surface area (Å²) in [5.41, 5.74) is -0.261. The Morgan fingerprint density at radius 1 is 1.40 bits per heavy atom. The van der Waals surface area contributed by atoms with Gasteiger partial charge in [-0.3, -0.25) is 10.1 Å². The van der Waals surface area contributed by atoms with Gasteiger partial charge in [0.2, 0.25) is 0 Å². The van der Waals surface area contributed by atoms with Gasteiger partial charge in [-0.15, -0.1) is 0 Å². The molecule has 0 radical (unpaired) electrons. The van der Waals surface area contributed by atoms with Crippen molar-refractivity contribution in [3.05, 3.63) is 33.6 Å². The number of nitrogens with zero attached hydrogens (tertiary/aromatic N) is 1. The molecule has 0 aliphatic carbocycles. The van der Waals surface area contributed by atoms with E-state index < -0.39 is 29.2 Å². The van der Waals surface area contributed by atoms with Gasteiger partial charge in [0, 0.05) is 6.54 Å². The van der Waals surface area contributed by atoms with E-state index in [0.717, 1.165) is 6.07 Å². The van der Waals surface area contributed by atoms with Gasteiger partial charge < -0.3 is 10.1 Å². The lowest BCUT2D eigenvalue weighted by molar-refractivity contribution is -0.384. The van der Waals surface area contributed by atoms with Crippen LogP contribution in [0.4, 0.5) is 28.9 Å². The fourth-order valence-electron chi connectivity index (χ4n) is 1.41. The average molecular weight is 296 g/mol. The summed E-state index contributed by atoms with van der Waals surface area (Å²) in [6.45, 7) is -0.321. The van der Waals surface area contributed by atoms with Crippen LogP contribution in [0.15, 0.2) is 12.1 Å². The highest BCUT2D eigenvalue weighted by atomic mass is 19.4. The Hall–Kier alpha value is -1.90. The molecule has 5 nitrogen and oxygen atoms in total. The highest BCUT2D eigenvalue weighted by Gasteiger charge is 2.27. The van der Waals surface area contributed by atoms with E-state index in [1.54, 1.807) is 0 Å². The first-order chi connectivity index (χ1) is 9.20. The molecule has 0 atom stereocenters. The molecule has 0 aromatic heterocycles. The van der Waals surface area contributed by atoms with E-state index in [4.69, 9.17) is 0 Å². The molecule has 0 amide bonds. The molecule has 1 aromatic rings.